The quantitative estimate of drug-likeness (QED) is 0.391. The average molecular weight is 484 g/mol. The molecule has 0 aliphatic carbocycles. The molecule has 4 aromatic rings. The van der Waals surface area contributed by atoms with Crippen LogP contribution < -0.4 is 10.2 Å². The van der Waals surface area contributed by atoms with Gasteiger partial charge in [0, 0.05) is 56.2 Å². The Balaban J connectivity index is 1.39. The van der Waals surface area contributed by atoms with Crippen molar-refractivity contribution in [1.29, 1.82) is 0 Å². The summed E-state index contributed by atoms with van der Waals surface area (Å²) >= 11 is 0. The van der Waals surface area contributed by atoms with Crippen molar-refractivity contribution in [1.82, 2.24) is 14.3 Å². The number of hydrogen-bond acceptors (Lipinski definition) is 4. The molecule has 3 heterocycles. The summed E-state index contributed by atoms with van der Waals surface area (Å²) in [6.07, 6.45) is 3.41. The highest BCUT2D eigenvalue weighted by Gasteiger charge is 2.29. The Hall–Kier alpha value is -3.84. The van der Waals surface area contributed by atoms with Crippen LogP contribution in [0.5, 0.6) is 0 Å². The zero-order valence-electron chi connectivity index (χ0n) is 21.1. The Morgan fingerprint density at radius 2 is 1.92 bits per heavy atom. The number of rotatable bonds is 5. The number of nitrogens with one attached hydrogen (secondary N) is 1. The number of nitrogens with zero attached hydrogens (tertiary/aromatic N) is 4. The number of pyridine rings is 1. The van der Waals surface area contributed by atoms with E-state index in [1.165, 1.54) is 0 Å². The minimum atomic E-state index is -0.539. The van der Waals surface area contributed by atoms with Crippen molar-refractivity contribution in [3.63, 3.8) is 0 Å². The van der Waals surface area contributed by atoms with Gasteiger partial charge in [-0.2, -0.15) is 0 Å². The van der Waals surface area contributed by atoms with Crippen LogP contribution in [0.15, 0.2) is 72.9 Å². The third-order valence-electron chi connectivity index (χ3n) is 6.93. The van der Waals surface area contributed by atoms with Gasteiger partial charge in [0.05, 0.1) is 17.3 Å². The first kappa shape index (κ1) is 23.9. The maximum absolute atomic E-state index is 13.1. The fraction of sp³-hybridized carbons (Fsp3) is 0.310. The first-order valence-corrected chi connectivity index (χ1v) is 12.5. The molecule has 2 aromatic carbocycles. The molecule has 0 bridgehead atoms. The topological polar surface area (TPSA) is 73.1 Å². The van der Waals surface area contributed by atoms with Gasteiger partial charge in [-0.1, -0.05) is 24.3 Å². The number of aromatic nitrogens is 2. The van der Waals surface area contributed by atoms with Crippen molar-refractivity contribution in [2.24, 2.45) is 0 Å². The van der Waals surface area contributed by atoms with Crippen LogP contribution >= 0.6 is 0 Å². The molecule has 1 fully saturated rings. The lowest BCUT2D eigenvalue weighted by atomic mass is 9.97. The predicted octanol–water partition coefficient (Wildman–Crippen LogP) is 5.53. The Kier molecular flexibility index (Phi) is 6.65. The van der Waals surface area contributed by atoms with Crippen molar-refractivity contribution in [2.45, 2.75) is 31.8 Å². The van der Waals surface area contributed by atoms with Crippen molar-refractivity contribution < 1.29 is 9.90 Å². The molecule has 1 unspecified atom stereocenters. The lowest BCUT2D eigenvalue weighted by Gasteiger charge is -2.32. The smallest absolute Gasteiger partial charge is 0.321 e. The van der Waals surface area contributed by atoms with E-state index in [-0.39, 0.29) is 11.9 Å². The van der Waals surface area contributed by atoms with E-state index in [1.807, 2.05) is 90.8 Å². The van der Waals surface area contributed by atoms with Crippen LogP contribution in [0.3, 0.4) is 0 Å². The number of imidazole rings is 1. The minimum absolute atomic E-state index is 0.0805. The second kappa shape index (κ2) is 10.0. The Bertz CT molecular complexity index is 1360. The van der Waals surface area contributed by atoms with Gasteiger partial charge >= 0.3 is 6.03 Å². The maximum Gasteiger partial charge on any atom is 0.321 e. The monoisotopic (exact) mass is 483 g/mol. The third kappa shape index (κ3) is 4.79. The summed E-state index contributed by atoms with van der Waals surface area (Å²) in [7, 11) is 3.99. The number of amides is 2. The van der Waals surface area contributed by atoms with E-state index in [0.717, 1.165) is 58.9 Å². The van der Waals surface area contributed by atoms with Crippen molar-refractivity contribution in [3.8, 4) is 11.3 Å². The van der Waals surface area contributed by atoms with Crippen LogP contribution in [0.2, 0.25) is 0 Å². The standard InChI is InChI=1S/C29H33N5O2/c1-20(35)21-8-6-9-22(18-21)27-26-11-4-5-17-34(26)28(31-27)23-10-7-16-33(19-23)29(36)30-24-12-14-25(15-13-24)32(2)3/h4-6,8-9,11-15,17-18,20,23,35H,7,10,16,19H2,1-3H3,(H,30,36)/t20?,23-/m1/s1. The highest BCUT2D eigenvalue weighted by atomic mass is 16.3. The third-order valence-corrected chi connectivity index (χ3v) is 6.93. The molecule has 7 nitrogen and oxygen atoms in total. The molecule has 2 amide bonds. The number of aliphatic hydroxyl groups excluding tert-OH is 1. The summed E-state index contributed by atoms with van der Waals surface area (Å²) < 4.78 is 2.15. The van der Waals surface area contributed by atoms with Crippen LogP contribution in [-0.2, 0) is 0 Å². The van der Waals surface area contributed by atoms with E-state index in [0.29, 0.717) is 6.54 Å². The predicted molar refractivity (Wildman–Crippen MR) is 145 cm³/mol. The number of anilines is 2. The van der Waals surface area contributed by atoms with Gasteiger partial charge in [0.15, 0.2) is 0 Å². The van der Waals surface area contributed by atoms with Crippen LogP contribution in [-0.4, -0.2) is 52.6 Å². The summed E-state index contributed by atoms with van der Waals surface area (Å²) in [5, 5.41) is 13.1. The number of likely N-dealkylation sites (tertiary alicyclic amines) is 1. The van der Waals surface area contributed by atoms with Crippen LogP contribution in [0.25, 0.3) is 16.8 Å². The number of carbonyl (C=O) groups is 1. The number of carbonyl (C=O) groups excluding carboxylic acids is 1. The van der Waals surface area contributed by atoms with Gasteiger partial charge in [0.25, 0.3) is 0 Å². The molecule has 1 aliphatic rings. The molecule has 1 aliphatic heterocycles. The molecule has 2 atom stereocenters. The van der Waals surface area contributed by atoms with Crippen LogP contribution in [0.4, 0.5) is 16.2 Å². The molecule has 36 heavy (non-hydrogen) atoms. The van der Waals surface area contributed by atoms with Gasteiger partial charge in [-0.3, -0.25) is 0 Å². The SMILES string of the molecule is CC(O)c1cccc(-c2nc([C@@H]3CCCN(C(=O)Nc4ccc(N(C)C)cc4)C3)n3ccccc23)c1. The first-order chi connectivity index (χ1) is 17.4. The number of piperidine rings is 1. The number of fused-ring (bicyclic) bond motifs is 1. The Morgan fingerprint density at radius 3 is 2.67 bits per heavy atom. The zero-order valence-corrected chi connectivity index (χ0v) is 21.1. The average Bonchev–Trinajstić information content (AvgIpc) is 3.29. The van der Waals surface area contributed by atoms with E-state index in [4.69, 9.17) is 4.98 Å². The molecule has 0 saturated carbocycles. The molecule has 186 valence electrons. The first-order valence-electron chi connectivity index (χ1n) is 12.5. The van der Waals surface area contributed by atoms with Crippen molar-refractivity contribution in [3.05, 3.63) is 84.3 Å². The summed E-state index contributed by atoms with van der Waals surface area (Å²) in [6, 6.07) is 21.8. The lowest BCUT2D eigenvalue weighted by molar-refractivity contribution is 0.191. The Morgan fingerprint density at radius 1 is 1.11 bits per heavy atom. The number of aliphatic hydroxyl groups is 1. The number of hydrogen-bond donors (Lipinski definition) is 2. The largest absolute Gasteiger partial charge is 0.389 e. The highest BCUT2D eigenvalue weighted by Crippen LogP contribution is 2.33. The van der Waals surface area contributed by atoms with Crippen LogP contribution in [0, 0.1) is 0 Å². The van der Waals surface area contributed by atoms with Crippen molar-refractivity contribution >= 4 is 22.9 Å². The summed E-state index contributed by atoms with van der Waals surface area (Å²) in [4.78, 5) is 22.1. The molecule has 2 aromatic heterocycles. The normalized spacial score (nSPS) is 16.7. The van der Waals surface area contributed by atoms with Crippen LogP contribution in [0.1, 0.15) is 43.2 Å². The molecule has 1 saturated heterocycles. The Labute approximate surface area is 212 Å². The van der Waals surface area contributed by atoms with E-state index >= 15 is 0 Å². The van der Waals surface area contributed by atoms with Gasteiger partial charge < -0.3 is 24.6 Å². The molecule has 7 heteroatoms. The molecule has 5 rings (SSSR count). The molecular formula is C29H33N5O2. The molecule has 2 N–H and O–H groups in total. The maximum atomic E-state index is 13.1. The zero-order chi connectivity index (χ0) is 25.2. The van der Waals surface area contributed by atoms with E-state index < -0.39 is 6.10 Å². The summed E-state index contributed by atoms with van der Waals surface area (Å²) in [5.41, 5.74) is 5.65. The van der Waals surface area contributed by atoms with E-state index in [9.17, 15) is 9.90 Å². The minimum Gasteiger partial charge on any atom is -0.389 e. The number of urea groups is 1. The summed E-state index contributed by atoms with van der Waals surface area (Å²) in [5.74, 6) is 1.10. The lowest BCUT2D eigenvalue weighted by Crippen LogP contribution is -2.42. The van der Waals surface area contributed by atoms with Gasteiger partial charge in [-0.15, -0.1) is 0 Å². The molecule has 0 spiro atoms. The van der Waals surface area contributed by atoms with E-state index in [2.05, 4.69) is 15.8 Å². The molecule has 0 radical (unpaired) electrons. The summed E-state index contributed by atoms with van der Waals surface area (Å²) in [6.45, 7) is 3.11. The fourth-order valence-electron chi connectivity index (χ4n) is 4.93. The van der Waals surface area contributed by atoms with Gasteiger partial charge in [0.2, 0.25) is 0 Å². The van der Waals surface area contributed by atoms with Gasteiger partial charge in [0.1, 0.15) is 5.82 Å². The van der Waals surface area contributed by atoms with Gasteiger partial charge in [-0.05, 0) is 67.8 Å². The number of benzene rings is 2. The second-order valence-corrected chi connectivity index (χ2v) is 9.73. The second-order valence-electron chi connectivity index (χ2n) is 9.73. The van der Waals surface area contributed by atoms with Crippen molar-refractivity contribution in [2.75, 3.05) is 37.4 Å². The van der Waals surface area contributed by atoms with Gasteiger partial charge in [-0.25, -0.2) is 9.78 Å². The fourth-order valence-corrected chi connectivity index (χ4v) is 4.93. The highest BCUT2D eigenvalue weighted by molar-refractivity contribution is 5.89. The van der Waals surface area contributed by atoms with E-state index in [1.54, 1.807) is 6.92 Å². The molecular weight excluding hydrogens is 450 g/mol.